The van der Waals surface area contributed by atoms with Gasteiger partial charge in [-0.3, -0.25) is 9.59 Å². The van der Waals surface area contributed by atoms with Crippen molar-refractivity contribution >= 4 is 28.7 Å². The van der Waals surface area contributed by atoms with Gasteiger partial charge < -0.3 is 30.7 Å². The predicted molar refractivity (Wildman–Crippen MR) is 168 cm³/mol. The van der Waals surface area contributed by atoms with Crippen molar-refractivity contribution in [3.8, 4) is 0 Å². The minimum Gasteiger partial charge on any atom is -0.361 e. The molecule has 1 aliphatic carbocycles. The minimum absolute atomic E-state index is 0.0444. The molecule has 3 aromatic rings. The lowest BCUT2D eigenvalue weighted by Crippen LogP contribution is -2.57. The molecule has 0 unspecified atom stereocenters. The number of rotatable bonds is 6. The molecule has 4 N–H and O–H groups in total. The van der Waals surface area contributed by atoms with Crippen molar-refractivity contribution in [3.63, 3.8) is 0 Å². The standard InChI is InChI=1S/C34H44N6O3/c1-22(27-21-36-29-13-7-5-11-25(27)29)30(38-33(43)37-23-9-8-16-35-20-23)32(42)40-17-14-34(15-18-40)19-26(31(41)39(2)3)24-10-4-6-12-28(24)34/h4-7,10-13,21-23,26,30,35-36H,8-9,14-20H2,1-3H3,(H2,37,38,43)/t22-,23-,26-,30-/m1/s1. The molecular formula is C34H44N6O3. The molecule has 6 rings (SSSR count). The summed E-state index contributed by atoms with van der Waals surface area (Å²) in [5.41, 5.74) is 4.28. The fourth-order valence-electron chi connectivity index (χ4n) is 7.65. The van der Waals surface area contributed by atoms with Crippen LogP contribution in [0.1, 0.15) is 67.6 Å². The zero-order valence-electron chi connectivity index (χ0n) is 25.5. The van der Waals surface area contributed by atoms with Crippen molar-refractivity contribution in [3.05, 3.63) is 71.4 Å². The summed E-state index contributed by atoms with van der Waals surface area (Å²) < 4.78 is 0. The number of nitrogens with zero attached hydrogens (tertiary/aromatic N) is 2. The summed E-state index contributed by atoms with van der Waals surface area (Å²) in [4.78, 5) is 47.7. The van der Waals surface area contributed by atoms with Crippen molar-refractivity contribution in [2.75, 3.05) is 40.3 Å². The molecule has 0 saturated carbocycles. The van der Waals surface area contributed by atoms with Gasteiger partial charge in [0, 0.05) is 68.2 Å². The summed E-state index contributed by atoms with van der Waals surface area (Å²) in [6, 6.07) is 15.4. The number of carbonyl (C=O) groups excluding carboxylic acids is 3. The highest BCUT2D eigenvalue weighted by Gasteiger charge is 2.49. The molecule has 9 heteroatoms. The Balaban J connectivity index is 1.22. The molecule has 3 heterocycles. The number of aromatic nitrogens is 1. The monoisotopic (exact) mass is 584 g/mol. The average molecular weight is 585 g/mol. The normalized spacial score (nSPS) is 22.5. The topological polar surface area (TPSA) is 110 Å². The summed E-state index contributed by atoms with van der Waals surface area (Å²) in [6.07, 6.45) is 6.25. The summed E-state index contributed by atoms with van der Waals surface area (Å²) in [7, 11) is 3.64. The quantitative estimate of drug-likeness (QED) is 0.353. The maximum absolute atomic E-state index is 14.3. The molecular weight excluding hydrogens is 540 g/mol. The third-order valence-electron chi connectivity index (χ3n) is 10.1. The number of amides is 4. The number of para-hydroxylation sites is 1. The van der Waals surface area contributed by atoms with Gasteiger partial charge in [-0.25, -0.2) is 4.79 Å². The van der Waals surface area contributed by atoms with Gasteiger partial charge in [0.15, 0.2) is 0 Å². The number of likely N-dealkylation sites (N-methyl/N-ethyl adjacent to an activating group) is 1. The number of urea groups is 1. The van der Waals surface area contributed by atoms with Crippen LogP contribution in [0.25, 0.3) is 10.9 Å². The fourth-order valence-corrected chi connectivity index (χ4v) is 7.65. The number of fused-ring (bicyclic) bond motifs is 3. The van der Waals surface area contributed by atoms with Crippen molar-refractivity contribution in [2.24, 2.45) is 0 Å². The Kier molecular flexibility index (Phi) is 8.18. The number of nitrogens with one attached hydrogen (secondary N) is 4. The molecule has 2 fully saturated rings. The van der Waals surface area contributed by atoms with E-state index < -0.39 is 6.04 Å². The Labute approximate surface area is 253 Å². The van der Waals surface area contributed by atoms with E-state index in [1.807, 2.05) is 56.4 Å². The summed E-state index contributed by atoms with van der Waals surface area (Å²) in [5, 5.41) is 10.6. The average Bonchev–Trinajstić information content (AvgIpc) is 3.60. The lowest BCUT2D eigenvalue weighted by molar-refractivity contribution is -0.136. The van der Waals surface area contributed by atoms with Crippen LogP contribution in [-0.4, -0.2) is 85.0 Å². The highest BCUT2D eigenvalue weighted by atomic mass is 16.2. The van der Waals surface area contributed by atoms with Gasteiger partial charge in [0.05, 0.1) is 5.92 Å². The van der Waals surface area contributed by atoms with Gasteiger partial charge in [0.1, 0.15) is 6.04 Å². The smallest absolute Gasteiger partial charge is 0.315 e. The number of hydrogen-bond acceptors (Lipinski definition) is 4. The van der Waals surface area contributed by atoms with E-state index in [4.69, 9.17) is 0 Å². The van der Waals surface area contributed by atoms with Crippen LogP contribution in [0, 0.1) is 0 Å². The summed E-state index contributed by atoms with van der Waals surface area (Å²) in [6.45, 7) is 4.89. The van der Waals surface area contributed by atoms with Gasteiger partial charge in [-0.15, -0.1) is 0 Å². The number of hydrogen-bond donors (Lipinski definition) is 4. The first-order valence-electron chi connectivity index (χ1n) is 15.7. The summed E-state index contributed by atoms with van der Waals surface area (Å²) in [5.74, 6) is -0.317. The molecule has 1 aromatic heterocycles. The van der Waals surface area contributed by atoms with E-state index in [0.717, 1.165) is 67.2 Å². The van der Waals surface area contributed by atoms with E-state index in [9.17, 15) is 14.4 Å². The number of aromatic amines is 1. The highest BCUT2D eigenvalue weighted by Crippen LogP contribution is 2.52. The van der Waals surface area contributed by atoms with E-state index in [-0.39, 0.29) is 41.1 Å². The zero-order valence-corrected chi connectivity index (χ0v) is 25.5. The van der Waals surface area contributed by atoms with Crippen LogP contribution in [0.2, 0.25) is 0 Å². The molecule has 2 saturated heterocycles. The highest BCUT2D eigenvalue weighted by molar-refractivity contribution is 5.90. The van der Waals surface area contributed by atoms with Crippen LogP contribution in [0.5, 0.6) is 0 Å². The van der Waals surface area contributed by atoms with E-state index in [2.05, 4.69) is 45.2 Å². The molecule has 228 valence electrons. The Morgan fingerprint density at radius 1 is 1.05 bits per heavy atom. The molecule has 2 aliphatic heterocycles. The Hall–Kier alpha value is -3.85. The van der Waals surface area contributed by atoms with Crippen LogP contribution < -0.4 is 16.0 Å². The Morgan fingerprint density at radius 3 is 2.53 bits per heavy atom. The summed E-state index contributed by atoms with van der Waals surface area (Å²) >= 11 is 0. The van der Waals surface area contributed by atoms with Crippen molar-refractivity contribution in [1.29, 1.82) is 0 Å². The number of carbonyl (C=O) groups is 3. The second-order valence-electron chi connectivity index (χ2n) is 12.9. The molecule has 1 spiro atoms. The van der Waals surface area contributed by atoms with E-state index in [1.54, 1.807) is 4.90 Å². The largest absolute Gasteiger partial charge is 0.361 e. The fraction of sp³-hybridized carbons (Fsp3) is 0.500. The molecule has 4 atom stereocenters. The first-order valence-corrected chi connectivity index (χ1v) is 15.7. The molecule has 43 heavy (non-hydrogen) atoms. The number of benzene rings is 2. The molecule has 0 radical (unpaired) electrons. The second-order valence-corrected chi connectivity index (χ2v) is 12.9. The first kappa shape index (κ1) is 29.2. The van der Waals surface area contributed by atoms with Crippen LogP contribution >= 0.6 is 0 Å². The molecule has 2 aromatic carbocycles. The van der Waals surface area contributed by atoms with E-state index >= 15 is 0 Å². The maximum Gasteiger partial charge on any atom is 0.315 e. The van der Waals surface area contributed by atoms with Crippen molar-refractivity contribution in [1.82, 2.24) is 30.7 Å². The van der Waals surface area contributed by atoms with Gasteiger partial charge in [-0.05, 0) is 61.4 Å². The second kappa shape index (κ2) is 12.0. The van der Waals surface area contributed by atoms with Crippen molar-refractivity contribution < 1.29 is 14.4 Å². The Morgan fingerprint density at radius 2 is 1.79 bits per heavy atom. The van der Waals surface area contributed by atoms with Gasteiger partial charge in [0.25, 0.3) is 0 Å². The van der Waals surface area contributed by atoms with Crippen LogP contribution in [0.15, 0.2) is 54.7 Å². The van der Waals surface area contributed by atoms with E-state index in [1.165, 1.54) is 5.56 Å². The number of likely N-dealkylation sites (tertiary alicyclic amines) is 1. The molecule has 4 amide bonds. The third-order valence-corrected chi connectivity index (χ3v) is 10.1. The molecule has 0 bridgehead atoms. The molecule has 3 aliphatic rings. The lowest BCUT2D eigenvalue weighted by atomic mass is 9.73. The van der Waals surface area contributed by atoms with Crippen molar-refractivity contribution in [2.45, 2.75) is 68.4 Å². The number of H-pyrrole nitrogens is 1. The third kappa shape index (κ3) is 5.62. The Bertz CT molecular complexity index is 1480. The van der Waals surface area contributed by atoms with Crippen LogP contribution in [-0.2, 0) is 15.0 Å². The number of piperidine rings is 2. The lowest BCUT2D eigenvalue weighted by Gasteiger charge is -2.42. The predicted octanol–water partition coefficient (Wildman–Crippen LogP) is 3.83. The molecule has 9 nitrogen and oxygen atoms in total. The maximum atomic E-state index is 14.3. The SMILES string of the molecule is C[C@H](c1c[nH]c2ccccc12)[C@@H](NC(=O)N[C@@H]1CCCNC1)C(=O)N1CCC2(CC1)C[C@@H](C(=O)N(C)C)c1ccccc12. The van der Waals surface area contributed by atoms with Gasteiger partial charge in [-0.2, -0.15) is 0 Å². The van der Waals surface area contributed by atoms with Gasteiger partial charge in [0.2, 0.25) is 11.8 Å². The zero-order chi connectivity index (χ0) is 30.1. The van der Waals surface area contributed by atoms with Gasteiger partial charge in [-0.1, -0.05) is 49.4 Å². The minimum atomic E-state index is -0.719. The van der Waals surface area contributed by atoms with Crippen LogP contribution in [0.4, 0.5) is 4.79 Å². The van der Waals surface area contributed by atoms with Gasteiger partial charge >= 0.3 is 6.03 Å². The van der Waals surface area contributed by atoms with Crippen LogP contribution in [0.3, 0.4) is 0 Å². The first-order chi connectivity index (χ1) is 20.8. The van der Waals surface area contributed by atoms with E-state index in [0.29, 0.717) is 13.1 Å².